The molecule has 3 rings (SSSR count). The van der Waals surface area contributed by atoms with Crippen LogP contribution in [0.3, 0.4) is 0 Å². The van der Waals surface area contributed by atoms with Crippen molar-refractivity contribution in [3.8, 4) is 5.75 Å². The summed E-state index contributed by atoms with van der Waals surface area (Å²) in [5.74, 6) is 0.542. The summed E-state index contributed by atoms with van der Waals surface area (Å²) in [4.78, 5) is 19.0. The van der Waals surface area contributed by atoms with Gasteiger partial charge in [0.2, 0.25) is 0 Å². The van der Waals surface area contributed by atoms with Crippen LogP contribution in [0.15, 0.2) is 52.4 Å². The standard InChI is InChI=1S/C21H24N2O3S2/c1-14(2)27-17-7-5-6-15(12-17)20(24)22-21-23(10-11-25-3)18-9-8-16(26-4)13-19(18)28-21/h5-9,12-14H,10-11H2,1-4H3. The highest BCUT2D eigenvalue weighted by molar-refractivity contribution is 7.99. The van der Waals surface area contributed by atoms with E-state index in [1.54, 1.807) is 26.0 Å². The summed E-state index contributed by atoms with van der Waals surface area (Å²) in [7, 11) is 3.31. The fourth-order valence-corrected chi connectivity index (χ4v) is 4.77. The molecule has 7 heteroatoms. The second-order valence-corrected chi connectivity index (χ2v) is 9.13. The maximum absolute atomic E-state index is 12.8. The van der Waals surface area contributed by atoms with Crippen molar-refractivity contribution in [1.29, 1.82) is 0 Å². The van der Waals surface area contributed by atoms with E-state index >= 15 is 0 Å². The number of nitrogens with zero attached hydrogens (tertiary/aromatic N) is 2. The van der Waals surface area contributed by atoms with Crippen LogP contribution in [0.2, 0.25) is 0 Å². The minimum atomic E-state index is -0.240. The molecule has 3 aromatic rings. The summed E-state index contributed by atoms with van der Waals surface area (Å²) in [5, 5.41) is 0.455. The number of methoxy groups -OCH3 is 2. The number of fused-ring (bicyclic) bond motifs is 1. The summed E-state index contributed by atoms with van der Waals surface area (Å²) in [6.45, 7) is 5.43. The van der Waals surface area contributed by atoms with Crippen LogP contribution < -0.4 is 9.54 Å². The number of thioether (sulfide) groups is 1. The molecule has 0 saturated carbocycles. The molecule has 0 spiro atoms. The van der Waals surface area contributed by atoms with Gasteiger partial charge >= 0.3 is 0 Å². The van der Waals surface area contributed by atoms with Gasteiger partial charge in [0.15, 0.2) is 4.80 Å². The van der Waals surface area contributed by atoms with Crippen LogP contribution in [0, 0.1) is 0 Å². The van der Waals surface area contributed by atoms with E-state index in [9.17, 15) is 4.79 Å². The van der Waals surface area contributed by atoms with Crippen LogP contribution in [0.4, 0.5) is 0 Å². The van der Waals surface area contributed by atoms with Crippen molar-refractivity contribution in [2.75, 3.05) is 20.8 Å². The van der Waals surface area contributed by atoms with Gasteiger partial charge in [-0.15, -0.1) is 11.8 Å². The molecule has 0 radical (unpaired) electrons. The fourth-order valence-electron chi connectivity index (χ4n) is 2.79. The van der Waals surface area contributed by atoms with E-state index in [1.165, 1.54) is 11.3 Å². The van der Waals surface area contributed by atoms with E-state index in [0.717, 1.165) is 20.9 Å². The summed E-state index contributed by atoms with van der Waals surface area (Å²) < 4.78 is 13.6. The number of aromatic nitrogens is 1. The number of ether oxygens (including phenoxy) is 2. The molecular weight excluding hydrogens is 392 g/mol. The molecule has 0 fully saturated rings. The van der Waals surface area contributed by atoms with E-state index in [-0.39, 0.29) is 5.91 Å². The second kappa shape index (κ2) is 9.41. The first-order chi connectivity index (χ1) is 13.5. The van der Waals surface area contributed by atoms with Gasteiger partial charge in [0.05, 0.1) is 23.9 Å². The lowest BCUT2D eigenvalue weighted by Crippen LogP contribution is -2.19. The van der Waals surface area contributed by atoms with Gasteiger partial charge in [-0.25, -0.2) is 0 Å². The lowest BCUT2D eigenvalue weighted by atomic mass is 10.2. The molecule has 2 aromatic carbocycles. The van der Waals surface area contributed by atoms with Crippen molar-refractivity contribution in [2.45, 2.75) is 30.5 Å². The number of hydrogen-bond acceptors (Lipinski definition) is 5. The Morgan fingerprint density at radius 1 is 1.21 bits per heavy atom. The molecule has 0 unspecified atom stereocenters. The van der Waals surface area contributed by atoms with Crippen molar-refractivity contribution in [3.63, 3.8) is 0 Å². The zero-order valence-electron chi connectivity index (χ0n) is 16.5. The lowest BCUT2D eigenvalue weighted by Gasteiger charge is -2.06. The molecule has 0 bridgehead atoms. The predicted octanol–water partition coefficient (Wildman–Crippen LogP) is 4.60. The van der Waals surface area contributed by atoms with Crippen LogP contribution in [0.25, 0.3) is 10.2 Å². The Bertz CT molecular complexity index is 1040. The third-order valence-corrected chi connectivity index (χ3v) is 6.10. The van der Waals surface area contributed by atoms with Crippen LogP contribution in [-0.2, 0) is 11.3 Å². The van der Waals surface area contributed by atoms with Gasteiger partial charge in [0, 0.05) is 29.4 Å². The van der Waals surface area contributed by atoms with Crippen LogP contribution in [-0.4, -0.2) is 36.6 Å². The molecular formula is C21H24N2O3S2. The van der Waals surface area contributed by atoms with Gasteiger partial charge in [-0.05, 0) is 36.4 Å². The molecule has 1 aromatic heterocycles. The minimum Gasteiger partial charge on any atom is -0.497 e. The fraction of sp³-hybridized carbons (Fsp3) is 0.333. The molecule has 0 N–H and O–H groups in total. The van der Waals surface area contributed by atoms with Crippen LogP contribution >= 0.6 is 23.1 Å². The van der Waals surface area contributed by atoms with Gasteiger partial charge < -0.3 is 14.0 Å². The van der Waals surface area contributed by atoms with E-state index in [0.29, 0.717) is 28.8 Å². The maximum atomic E-state index is 12.8. The predicted molar refractivity (Wildman–Crippen MR) is 116 cm³/mol. The van der Waals surface area contributed by atoms with Crippen molar-refractivity contribution < 1.29 is 14.3 Å². The SMILES string of the molecule is COCCn1c(=NC(=O)c2cccc(SC(C)C)c2)sc2cc(OC)ccc21. The smallest absolute Gasteiger partial charge is 0.279 e. The van der Waals surface area contributed by atoms with Crippen LogP contribution in [0.1, 0.15) is 24.2 Å². The topological polar surface area (TPSA) is 52.8 Å². The zero-order chi connectivity index (χ0) is 20.1. The Labute approximate surface area is 173 Å². The lowest BCUT2D eigenvalue weighted by molar-refractivity contribution is 0.0997. The third-order valence-electron chi connectivity index (χ3n) is 4.06. The number of carbonyl (C=O) groups is 1. The number of benzene rings is 2. The zero-order valence-corrected chi connectivity index (χ0v) is 18.1. The second-order valence-electron chi connectivity index (χ2n) is 6.47. The molecule has 28 heavy (non-hydrogen) atoms. The number of carbonyl (C=O) groups excluding carboxylic acids is 1. The van der Waals surface area contributed by atoms with Crippen molar-refractivity contribution in [1.82, 2.24) is 4.57 Å². The summed E-state index contributed by atoms with van der Waals surface area (Å²) in [6.07, 6.45) is 0. The molecule has 0 aliphatic carbocycles. The Balaban J connectivity index is 2.03. The molecule has 0 aliphatic heterocycles. The molecule has 5 nitrogen and oxygen atoms in total. The van der Waals surface area contributed by atoms with Gasteiger partial charge in [0.25, 0.3) is 5.91 Å². The molecule has 148 valence electrons. The largest absolute Gasteiger partial charge is 0.497 e. The summed E-state index contributed by atoms with van der Waals surface area (Å²) in [6, 6.07) is 13.5. The maximum Gasteiger partial charge on any atom is 0.279 e. The Hall–Kier alpha value is -2.09. The number of amides is 1. The van der Waals surface area contributed by atoms with Gasteiger partial charge in [-0.3, -0.25) is 4.79 Å². The highest BCUT2D eigenvalue weighted by Crippen LogP contribution is 2.25. The van der Waals surface area contributed by atoms with E-state index in [4.69, 9.17) is 9.47 Å². The van der Waals surface area contributed by atoms with E-state index in [1.807, 2.05) is 47.0 Å². The number of rotatable bonds is 7. The van der Waals surface area contributed by atoms with Crippen molar-refractivity contribution in [3.05, 3.63) is 52.8 Å². The Kier molecular flexibility index (Phi) is 6.93. The van der Waals surface area contributed by atoms with E-state index < -0.39 is 0 Å². The summed E-state index contributed by atoms with van der Waals surface area (Å²) in [5.41, 5.74) is 1.61. The van der Waals surface area contributed by atoms with E-state index in [2.05, 4.69) is 18.8 Å². The molecule has 0 atom stereocenters. The van der Waals surface area contributed by atoms with Crippen molar-refractivity contribution in [2.24, 2.45) is 4.99 Å². The highest BCUT2D eigenvalue weighted by Gasteiger charge is 2.11. The normalized spacial score (nSPS) is 12.1. The highest BCUT2D eigenvalue weighted by atomic mass is 32.2. The average molecular weight is 417 g/mol. The van der Waals surface area contributed by atoms with Crippen molar-refractivity contribution >= 4 is 39.2 Å². The Morgan fingerprint density at radius 3 is 2.75 bits per heavy atom. The third kappa shape index (κ3) is 4.84. The monoisotopic (exact) mass is 416 g/mol. The first-order valence-corrected chi connectivity index (χ1v) is 10.7. The minimum absolute atomic E-state index is 0.240. The van der Waals surface area contributed by atoms with Gasteiger partial charge in [-0.1, -0.05) is 31.3 Å². The molecule has 1 amide bonds. The van der Waals surface area contributed by atoms with Gasteiger partial charge in [0.1, 0.15) is 5.75 Å². The number of hydrogen-bond donors (Lipinski definition) is 0. The first-order valence-electron chi connectivity index (χ1n) is 9.04. The number of thiazole rings is 1. The summed E-state index contributed by atoms with van der Waals surface area (Å²) >= 11 is 3.21. The quantitative estimate of drug-likeness (QED) is 0.528. The van der Waals surface area contributed by atoms with Gasteiger partial charge in [-0.2, -0.15) is 4.99 Å². The average Bonchev–Trinajstić information content (AvgIpc) is 3.01. The first kappa shape index (κ1) is 20.6. The van der Waals surface area contributed by atoms with Crippen LogP contribution in [0.5, 0.6) is 5.75 Å². The molecule has 1 heterocycles. The molecule has 0 aliphatic rings. The Morgan fingerprint density at radius 2 is 2.04 bits per heavy atom. The molecule has 0 saturated heterocycles.